The molecule has 4 fully saturated rings. The van der Waals surface area contributed by atoms with Crippen LogP contribution in [0.4, 0.5) is 13.2 Å². The number of fused-ring (bicyclic) bond motifs is 1. The Morgan fingerprint density at radius 3 is 2.21 bits per heavy atom. The second-order valence-corrected chi connectivity index (χ2v) is 7.82. The molecule has 3 aliphatic heterocycles. The quantitative estimate of drug-likeness (QED) is 0.746. The molecule has 0 aromatic rings. The van der Waals surface area contributed by atoms with Crippen molar-refractivity contribution < 1.29 is 37.3 Å². The fraction of sp³-hybridized carbons (Fsp3) is 0.889. The van der Waals surface area contributed by atoms with Crippen molar-refractivity contribution in [1.29, 1.82) is 0 Å². The first-order chi connectivity index (χ1) is 13.2. The van der Waals surface area contributed by atoms with Crippen LogP contribution in [-0.4, -0.2) is 91.1 Å². The molecular weight excluding hydrogens is 381 g/mol. The molecule has 0 unspecified atom stereocenters. The third kappa shape index (κ3) is 4.44. The van der Waals surface area contributed by atoms with Crippen molar-refractivity contribution in [3.63, 3.8) is 0 Å². The lowest BCUT2D eigenvalue weighted by Gasteiger charge is -2.49. The number of alkyl halides is 3. The molecule has 1 saturated carbocycles. The Balaban J connectivity index is 0.000000279. The van der Waals surface area contributed by atoms with Gasteiger partial charge in [0.05, 0.1) is 24.7 Å². The minimum absolute atomic E-state index is 0.143. The van der Waals surface area contributed by atoms with Crippen LogP contribution in [0.1, 0.15) is 32.1 Å². The van der Waals surface area contributed by atoms with Gasteiger partial charge in [0, 0.05) is 38.8 Å². The highest BCUT2D eigenvalue weighted by molar-refractivity contribution is 5.84. The smallest absolute Gasteiger partial charge is 0.475 e. The monoisotopic (exact) mass is 408 g/mol. The van der Waals surface area contributed by atoms with Crippen molar-refractivity contribution in [2.24, 2.45) is 5.41 Å². The van der Waals surface area contributed by atoms with Crippen molar-refractivity contribution in [3.05, 3.63) is 0 Å². The van der Waals surface area contributed by atoms with E-state index in [0.717, 1.165) is 51.7 Å². The Hall–Kier alpha value is -1.39. The summed E-state index contributed by atoms with van der Waals surface area (Å²) in [7, 11) is 0. The Kier molecular flexibility index (Phi) is 6.51. The fourth-order valence-electron chi connectivity index (χ4n) is 4.43. The number of piperidine rings is 1. The first-order valence-corrected chi connectivity index (χ1v) is 9.77. The Labute approximate surface area is 161 Å². The number of morpholine rings is 1. The molecule has 1 aliphatic carbocycles. The van der Waals surface area contributed by atoms with Gasteiger partial charge in [0.25, 0.3) is 0 Å². The minimum atomic E-state index is -5.08. The van der Waals surface area contributed by atoms with Gasteiger partial charge < -0.3 is 19.5 Å². The van der Waals surface area contributed by atoms with E-state index < -0.39 is 12.1 Å². The molecular formula is C18H27F3N2O5. The van der Waals surface area contributed by atoms with Crippen LogP contribution in [0.2, 0.25) is 0 Å². The predicted molar refractivity (Wildman–Crippen MR) is 91.7 cm³/mol. The summed E-state index contributed by atoms with van der Waals surface area (Å²) in [6, 6.07) is 0.723. The molecule has 3 saturated heterocycles. The first kappa shape index (κ1) is 21.3. The molecule has 160 valence electrons. The summed E-state index contributed by atoms with van der Waals surface area (Å²) >= 11 is 0. The van der Waals surface area contributed by atoms with E-state index in [2.05, 4.69) is 4.90 Å². The van der Waals surface area contributed by atoms with Crippen LogP contribution in [0.15, 0.2) is 0 Å². The highest BCUT2D eigenvalue weighted by Gasteiger charge is 2.55. The van der Waals surface area contributed by atoms with E-state index in [0.29, 0.717) is 19.1 Å². The number of ether oxygens (including phenoxy) is 2. The van der Waals surface area contributed by atoms with E-state index in [9.17, 15) is 18.0 Å². The second kappa shape index (κ2) is 8.54. The lowest BCUT2D eigenvalue weighted by atomic mass is 9.73. The van der Waals surface area contributed by atoms with Gasteiger partial charge >= 0.3 is 12.1 Å². The van der Waals surface area contributed by atoms with Gasteiger partial charge in [-0.25, -0.2) is 4.79 Å². The predicted octanol–water partition coefficient (Wildman–Crippen LogP) is 1.51. The van der Waals surface area contributed by atoms with E-state index in [4.69, 9.17) is 19.4 Å². The van der Waals surface area contributed by atoms with E-state index >= 15 is 0 Å². The molecule has 28 heavy (non-hydrogen) atoms. The summed E-state index contributed by atoms with van der Waals surface area (Å²) in [5, 5.41) is 7.12. The molecule has 0 radical (unpaired) electrons. The van der Waals surface area contributed by atoms with Crippen LogP contribution in [0.3, 0.4) is 0 Å². The van der Waals surface area contributed by atoms with Gasteiger partial charge in [-0.15, -0.1) is 0 Å². The van der Waals surface area contributed by atoms with E-state index in [1.807, 2.05) is 4.90 Å². The molecule has 2 atom stereocenters. The van der Waals surface area contributed by atoms with Gasteiger partial charge in [0.1, 0.15) is 0 Å². The largest absolute Gasteiger partial charge is 0.490 e. The number of carbonyl (C=O) groups excluding carboxylic acids is 1. The zero-order valence-electron chi connectivity index (χ0n) is 15.7. The lowest BCUT2D eigenvalue weighted by Crippen LogP contribution is -2.61. The first-order valence-electron chi connectivity index (χ1n) is 9.77. The van der Waals surface area contributed by atoms with Crippen molar-refractivity contribution in [3.8, 4) is 0 Å². The van der Waals surface area contributed by atoms with Gasteiger partial charge in [-0.3, -0.25) is 9.69 Å². The van der Waals surface area contributed by atoms with Gasteiger partial charge in [-0.2, -0.15) is 13.2 Å². The van der Waals surface area contributed by atoms with Gasteiger partial charge in [-0.1, -0.05) is 6.42 Å². The molecule has 4 aliphatic rings. The molecule has 0 aromatic carbocycles. The summed E-state index contributed by atoms with van der Waals surface area (Å²) in [6.07, 6.45) is 0.958. The summed E-state index contributed by atoms with van der Waals surface area (Å²) in [4.78, 5) is 26.7. The molecule has 0 aromatic heterocycles. The second-order valence-electron chi connectivity index (χ2n) is 7.82. The van der Waals surface area contributed by atoms with Crippen LogP contribution < -0.4 is 0 Å². The Morgan fingerprint density at radius 1 is 1.04 bits per heavy atom. The van der Waals surface area contributed by atoms with Crippen LogP contribution in [0.25, 0.3) is 0 Å². The number of aliphatic carboxylic acids is 1. The molecule has 1 amide bonds. The average Bonchev–Trinajstić information content (AvgIpc) is 3.04. The molecule has 0 spiro atoms. The zero-order chi connectivity index (χ0) is 20.4. The molecule has 3 heterocycles. The minimum Gasteiger partial charge on any atom is -0.475 e. The SMILES string of the molecule is O=C(N1CCOCC1)[C@@]12CCO[C@@H]1CCN(C1CCC1)C2.O=C(O)C(F)(F)F. The topological polar surface area (TPSA) is 79.3 Å². The maximum absolute atomic E-state index is 13.2. The maximum Gasteiger partial charge on any atom is 0.490 e. The van der Waals surface area contributed by atoms with Gasteiger partial charge in [-0.05, 0) is 25.7 Å². The summed E-state index contributed by atoms with van der Waals surface area (Å²) < 4.78 is 43.1. The normalized spacial score (nSPS) is 31.4. The van der Waals surface area contributed by atoms with Crippen molar-refractivity contribution in [2.45, 2.75) is 50.4 Å². The number of carboxylic acid groups (broad SMARTS) is 1. The van der Waals surface area contributed by atoms with Crippen molar-refractivity contribution >= 4 is 11.9 Å². The van der Waals surface area contributed by atoms with E-state index in [-0.39, 0.29) is 11.5 Å². The van der Waals surface area contributed by atoms with Crippen molar-refractivity contribution in [2.75, 3.05) is 46.0 Å². The Morgan fingerprint density at radius 2 is 1.68 bits per heavy atom. The Bertz CT molecular complexity index is 578. The van der Waals surface area contributed by atoms with Gasteiger partial charge in [0.15, 0.2) is 0 Å². The molecule has 10 heteroatoms. The van der Waals surface area contributed by atoms with E-state index in [1.54, 1.807) is 0 Å². The van der Waals surface area contributed by atoms with E-state index in [1.165, 1.54) is 19.3 Å². The maximum atomic E-state index is 13.2. The number of rotatable bonds is 2. The highest BCUT2D eigenvalue weighted by Crippen LogP contribution is 2.44. The number of nitrogens with zero attached hydrogens (tertiary/aromatic N) is 2. The number of carbonyl (C=O) groups is 2. The van der Waals surface area contributed by atoms with Crippen LogP contribution in [0, 0.1) is 5.41 Å². The zero-order valence-corrected chi connectivity index (χ0v) is 15.7. The van der Waals surface area contributed by atoms with Crippen LogP contribution in [-0.2, 0) is 19.1 Å². The molecule has 4 rings (SSSR count). The number of halogens is 3. The highest BCUT2D eigenvalue weighted by atomic mass is 19.4. The third-order valence-electron chi connectivity index (χ3n) is 6.21. The van der Waals surface area contributed by atoms with Gasteiger partial charge in [0.2, 0.25) is 5.91 Å². The molecule has 7 nitrogen and oxygen atoms in total. The van der Waals surface area contributed by atoms with Crippen LogP contribution >= 0.6 is 0 Å². The number of amides is 1. The number of hydrogen-bond acceptors (Lipinski definition) is 5. The van der Waals surface area contributed by atoms with Crippen molar-refractivity contribution in [1.82, 2.24) is 9.80 Å². The summed E-state index contributed by atoms with van der Waals surface area (Å²) in [5.74, 6) is -2.43. The van der Waals surface area contributed by atoms with Crippen LogP contribution in [0.5, 0.6) is 0 Å². The lowest BCUT2D eigenvalue weighted by molar-refractivity contribution is -0.192. The number of hydrogen-bond donors (Lipinski definition) is 1. The average molecular weight is 408 g/mol. The fourth-order valence-corrected chi connectivity index (χ4v) is 4.43. The number of likely N-dealkylation sites (tertiary alicyclic amines) is 1. The number of carboxylic acids is 1. The molecule has 0 bridgehead atoms. The third-order valence-corrected chi connectivity index (χ3v) is 6.21. The summed E-state index contributed by atoms with van der Waals surface area (Å²) in [6.45, 7) is 5.62. The molecule has 1 N–H and O–H groups in total. The standard InChI is InChI=1S/C16H26N2O3.C2HF3O2/c19-15(17-7-10-20-11-8-17)16-5-9-21-14(16)4-6-18(12-16)13-2-1-3-13;3-2(4,5)1(6)7/h13-14H,1-12H2;(H,6,7)/t14-,16-;/m1./s1. The summed E-state index contributed by atoms with van der Waals surface area (Å²) in [5.41, 5.74) is -0.273.